The molecule has 1 saturated heterocycles. The van der Waals surface area contributed by atoms with Crippen molar-refractivity contribution in [1.29, 1.82) is 0 Å². The van der Waals surface area contributed by atoms with Crippen LogP contribution in [-0.2, 0) is 16.4 Å². The molecule has 0 radical (unpaired) electrons. The van der Waals surface area contributed by atoms with Gasteiger partial charge >= 0.3 is 0 Å². The van der Waals surface area contributed by atoms with E-state index in [0.29, 0.717) is 37.1 Å². The van der Waals surface area contributed by atoms with E-state index in [9.17, 15) is 12.8 Å². The van der Waals surface area contributed by atoms with Crippen LogP contribution >= 0.6 is 0 Å². The predicted octanol–water partition coefficient (Wildman–Crippen LogP) is 4.41. The van der Waals surface area contributed by atoms with E-state index < -0.39 is 14.7 Å². The van der Waals surface area contributed by atoms with Crippen molar-refractivity contribution in [3.63, 3.8) is 0 Å². The lowest BCUT2D eigenvalue weighted by Crippen LogP contribution is -2.48. The van der Waals surface area contributed by atoms with Gasteiger partial charge in [-0.05, 0) is 62.4 Å². The zero-order valence-electron chi connectivity index (χ0n) is 17.0. The average Bonchev–Trinajstić information content (AvgIpc) is 3.40. The number of aromatic nitrogens is 2. The van der Waals surface area contributed by atoms with Crippen molar-refractivity contribution in [3.05, 3.63) is 84.2 Å². The van der Waals surface area contributed by atoms with Crippen molar-refractivity contribution in [1.82, 2.24) is 14.9 Å². The highest BCUT2D eigenvalue weighted by atomic mass is 32.2. The Balaban J connectivity index is 1.62. The molecule has 1 N–H and O–H groups in total. The quantitative estimate of drug-likeness (QED) is 0.607. The highest BCUT2D eigenvalue weighted by Gasteiger charge is 2.49. The fraction of sp³-hybridized carbons (Fsp3) is 0.348. The highest BCUT2D eigenvalue weighted by molar-refractivity contribution is 7.92. The van der Waals surface area contributed by atoms with Gasteiger partial charge in [-0.2, -0.15) is 0 Å². The highest BCUT2D eigenvalue weighted by Crippen LogP contribution is 2.42. The first kappa shape index (κ1) is 20.8. The van der Waals surface area contributed by atoms with Gasteiger partial charge in [0.15, 0.2) is 9.84 Å². The van der Waals surface area contributed by atoms with Crippen LogP contribution in [0.1, 0.15) is 42.9 Å². The van der Waals surface area contributed by atoms with Crippen molar-refractivity contribution in [2.45, 2.75) is 55.0 Å². The molecule has 2 aromatic carbocycles. The summed E-state index contributed by atoms with van der Waals surface area (Å²) in [6.45, 7) is 2.64. The van der Waals surface area contributed by atoms with E-state index in [1.165, 1.54) is 12.1 Å². The lowest BCUT2D eigenvalue weighted by Gasteiger charge is -2.31. The number of rotatable bonds is 7. The largest absolute Gasteiger partial charge is 0.337 e. The summed E-state index contributed by atoms with van der Waals surface area (Å²) in [6.07, 6.45) is 7.72. The number of imidazole rings is 1. The maximum absolute atomic E-state index is 13.7. The molecule has 0 spiro atoms. The minimum atomic E-state index is -3.62. The Bertz CT molecular complexity index is 1080. The number of nitrogens with zero attached hydrogens (tertiary/aromatic N) is 2. The molecule has 158 valence electrons. The van der Waals surface area contributed by atoms with Gasteiger partial charge in [-0.15, -0.1) is 0 Å². The Hall–Kier alpha value is -2.51. The molecule has 5 nitrogen and oxygen atoms in total. The van der Waals surface area contributed by atoms with Crippen molar-refractivity contribution in [3.8, 4) is 0 Å². The smallest absolute Gasteiger partial charge is 0.197 e. The third kappa shape index (κ3) is 4.04. The molecule has 1 aliphatic heterocycles. The van der Waals surface area contributed by atoms with Crippen LogP contribution < -0.4 is 5.32 Å². The fourth-order valence-electron chi connectivity index (χ4n) is 4.24. The van der Waals surface area contributed by atoms with Crippen LogP contribution in [0.15, 0.2) is 72.1 Å². The average molecular weight is 428 g/mol. The van der Waals surface area contributed by atoms with Crippen molar-refractivity contribution in [2.24, 2.45) is 0 Å². The number of sulfone groups is 1. The van der Waals surface area contributed by atoms with Crippen LogP contribution in [0.3, 0.4) is 0 Å². The van der Waals surface area contributed by atoms with Crippen LogP contribution in [-0.4, -0.2) is 22.8 Å². The van der Waals surface area contributed by atoms with Gasteiger partial charge < -0.3 is 4.57 Å². The molecular weight excluding hydrogens is 401 g/mol. The number of hydrogen-bond donors (Lipinski definition) is 1. The molecular formula is C23H26FN3O2S. The summed E-state index contributed by atoms with van der Waals surface area (Å²) in [5, 5.41) is 3.44. The summed E-state index contributed by atoms with van der Waals surface area (Å²) in [6, 6.07) is 13.2. The van der Waals surface area contributed by atoms with Gasteiger partial charge in [0.1, 0.15) is 10.7 Å². The van der Waals surface area contributed by atoms with E-state index in [2.05, 4.69) is 10.3 Å². The molecule has 0 amide bonds. The van der Waals surface area contributed by atoms with Crippen LogP contribution in [0.2, 0.25) is 0 Å². The van der Waals surface area contributed by atoms with Gasteiger partial charge in [0.2, 0.25) is 0 Å². The van der Waals surface area contributed by atoms with Crippen molar-refractivity contribution in [2.75, 3.05) is 0 Å². The van der Waals surface area contributed by atoms with Crippen LogP contribution in [0, 0.1) is 12.7 Å². The van der Waals surface area contributed by atoms with E-state index >= 15 is 0 Å². The minimum Gasteiger partial charge on any atom is -0.337 e. The number of hydrogen-bond acceptors (Lipinski definition) is 4. The zero-order chi connectivity index (χ0) is 21.2. The van der Waals surface area contributed by atoms with Crippen LogP contribution in [0.25, 0.3) is 0 Å². The van der Waals surface area contributed by atoms with Crippen LogP contribution in [0.4, 0.5) is 4.39 Å². The third-order valence-corrected chi connectivity index (χ3v) is 8.40. The van der Waals surface area contributed by atoms with E-state index in [4.69, 9.17) is 0 Å². The molecule has 1 aliphatic rings. The lowest BCUT2D eigenvalue weighted by atomic mass is 10.0. The second-order valence-corrected chi connectivity index (χ2v) is 10.3. The van der Waals surface area contributed by atoms with Crippen molar-refractivity contribution >= 4 is 9.84 Å². The summed E-state index contributed by atoms with van der Waals surface area (Å²) in [4.78, 5) is 3.33. The Labute approximate surface area is 176 Å². The minimum absolute atomic E-state index is 0.126. The Kier molecular flexibility index (Phi) is 5.75. The van der Waals surface area contributed by atoms with E-state index in [1.807, 2.05) is 29.8 Å². The topological polar surface area (TPSA) is 64.0 Å². The number of benzene rings is 2. The molecule has 0 saturated carbocycles. The first-order valence-electron chi connectivity index (χ1n) is 10.2. The Morgan fingerprint density at radius 1 is 1.17 bits per heavy atom. The second kappa shape index (κ2) is 8.32. The number of halogens is 1. The summed E-state index contributed by atoms with van der Waals surface area (Å²) < 4.78 is 42.8. The third-order valence-electron chi connectivity index (χ3n) is 5.95. The van der Waals surface area contributed by atoms with E-state index in [1.54, 1.807) is 36.8 Å². The molecule has 2 unspecified atom stereocenters. The van der Waals surface area contributed by atoms with Gasteiger partial charge in [-0.3, -0.25) is 5.32 Å². The molecule has 2 atom stereocenters. The molecule has 7 heteroatoms. The lowest BCUT2D eigenvalue weighted by molar-refractivity contribution is 0.409. The molecule has 0 bridgehead atoms. The summed E-state index contributed by atoms with van der Waals surface area (Å²) >= 11 is 0. The molecule has 1 aromatic heterocycles. The molecule has 4 rings (SSSR count). The monoisotopic (exact) mass is 427 g/mol. The first-order valence-corrected chi connectivity index (χ1v) is 11.7. The van der Waals surface area contributed by atoms with Gasteiger partial charge in [0, 0.05) is 25.0 Å². The second-order valence-electron chi connectivity index (χ2n) is 8.00. The molecule has 30 heavy (non-hydrogen) atoms. The summed E-state index contributed by atoms with van der Waals surface area (Å²) in [7, 11) is -3.62. The van der Waals surface area contributed by atoms with E-state index in [-0.39, 0.29) is 11.9 Å². The number of aryl methyl sites for hydroxylation is 2. The predicted molar refractivity (Wildman–Crippen MR) is 114 cm³/mol. The summed E-state index contributed by atoms with van der Waals surface area (Å²) in [5.74, 6) is -0.296. The molecule has 3 aromatic rings. The van der Waals surface area contributed by atoms with Gasteiger partial charge in [-0.25, -0.2) is 17.8 Å². The maximum Gasteiger partial charge on any atom is 0.197 e. The Morgan fingerprint density at radius 3 is 2.57 bits per heavy atom. The van der Waals surface area contributed by atoms with E-state index in [0.717, 1.165) is 11.1 Å². The standard InChI is InChI=1S/C23H26FN3O2S/c1-18-3-9-21(10-4-18)30(28,29)23(12-2-15-27-16-14-25-17-27)13-11-22(26-23)19-5-7-20(24)8-6-19/h3-10,14,16-17,22,26H,2,11-13,15H2,1H3. The van der Waals surface area contributed by atoms with Gasteiger partial charge in [-0.1, -0.05) is 29.8 Å². The molecule has 1 fully saturated rings. The molecule has 0 aliphatic carbocycles. The summed E-state index contributed by atoms with van der Waals surface area (Å²) in [5.41, 5.74) is 1.93. The number of nitrogens with one attached hydrogen (secondary N) is 1. The normalized spacial score (nSPS) is 21.7. The van der Waals surface area contributed by atoms with Gasteiger partial charge in [0.05, 0.1) is 11.2 Å². The first-order chi connectivity index (χ1) is 14.4. The SMILES string of the molecule is Cc1ccc(S(=O)(=O)C2(CCCn3ccnc3)CCC(c3ccc(F)cc3)N2)cc1. The van der Waals surface area contributed by atoms with Crippen molar-refractivity contribution < 1.29 is 12.8 Å². The van der Waals surface area contributed by atoms with Crippen LogP contribution in [0.5, 0.6) is 0 Å². The zero-order valence-corrected chi connectivity index (χ0v) is 17.8. The maximum atomic E-state index is 13.7. The molecule has 2 heterocycles. The Morgan fingerprint density at radius 2 is 1.90 bits per heavy atom. The fourth-order valence-corrected chi connectivity index (χ4v) is 6.28. The van der Waals surface area contributed by atoms with Gasteiger partial charge in [0.25, 0.3) is 0 Å².